The molecule has 0 radical (unpaired) electrons. The molecule has 5 aromatic rings. The van der Waals surface area contributed by atoms with Crippen molar-refractivity contribution in [2.24, 2.45) is 9.98 Å². The highest BCUT2D eigenvalue weighted by Crippen LogP contribution is 2.37. The van der Waals surface area contributed by atoms with Crippen LogP contribution >= 0.6 is 0 Å². The first-order valence-electron chi connectivity index (χ1n) is 14.3. The van der Waals surface area contributed by atoms with Gasteiger partial charge >= 0.3 is 0 Å². The van der Waals surface area contributed by atoms with Crippen molar-refractivity contribution in [3.05, 3.63) is 165 Å². The first kappa shape index (κ1) is 26.7. The zero-order valence-electron chi connectivity index (χ0n) is 24.8. The van der Waals surface area contributed by atoms with Crippen LogP contribution in [0.2, 0.25) is 0 Å². The fraction of sp³-hybridized carbons (Fsp3) is 0.179. The van der Waals surface area contributed by atoms with Crippen LogP contribution in [0.25, 0.3) is 0 Å². The smallest absolute Gasteiger partial charge is 0.0803 e. The Morgan fingerprint density at radius 2 is 0.951 bits per heavy atom. The molecular weight excluding hydrogens is 496 g/mol. The number of aryl methyl sites for hydroxylation is 4. The highest BCUT2D eigenvalue weighted by Gasteiger charge is 2.26. The average molecular weight is 533 g/mol. The lowest BCUT2D eigenvalue weighted by Crippen LogP contribution is -2.21. The molecule has 0 bridgehead atoms. The molecule has 0 aromatic heterocycles. The van der Waals surface area contributed by atoms with Gasteiger partial charge in [0.25, 0.3) is 0 Å². The van der Waals surface area contributed by atoms with E-state index < -0.39 is 0 Å². The number of hydrogen-bond donors (Lipinski definition) is 0. The molecule has 5 aromatic carbocycles. The summed E-state index contributed by atoms with van der Waals surface area (Å²) in [6.45, 7) is 13.4. The molecule has 0 aliphatic carbocycles. The molecule has 41 heavy (non-hydrogen) atoms. The lowest BCUT2D eigenvalue weighted by Gasteiger charge is -2.29. The number of fused-ring (bicyclic) bond motifs is 2. The van der Waals surface area contributed by atoms with Gasteiger partial charge in [-0.15, -0.1) is 0 Å². The second-order valence-corrected chi connectivity index (χ2v) is 11.8. The fourth-order valence-corrected chi connectivity index (χ4v) is 5.89. The van der Waals surface area contributed by atoms with E-state index >= 15 is 0 Å². The molecule has 6 rings (SSSR count). The number of aliphatic imine (C=N–C) groups is 2. The molecule has 1 aliphatic rings. The molecule has 0 atom stereocenters. The van der Waals surface area contributed by atoms with Crippen LogP contribution in [0.1, 0.15) is 69.5 Å². The second kappa shape index (κ2) is 10.4. The van der Waals surface area contributed by atoms with Crippen molar-refractivity contribution in [2.45, 2.75) is 47.0 Å². The summed E-state index contributed by atoms with van der Waals surface area (Å²) in [6.07, 6.45) is 0. The van der Waals surface area contributed by atoms with Crippen LogP contribution in [0.3, 0.4) is 0 Å². The van der Waals surface area contributed by atoms with E-state index in [2.05, 4.69) is 151 Å². The normalized spacial score (nSPS) is 12.9. The molecule has 0 fully saturated rings. The fourth-order valence-electron chi connectivity index (χ4n) is 5.89. The predicted octanol–water partition coefficient (Wildman–Crippen LogP) is 9.90. The van der Waals surface area contributed by atoms with Gasteiger partial charge in [0.15, 0.2) is 0 Å². The van der Waals surface area contributed by atoms with E-state index in [-0.39, 0.29) is 5.41 Å². The first-order valence-corrected chi connectivity index (χ1v) is 14.3. The third-order valence-electron chi connectivity index (χ3n) is 8.50. The maximum Gasteiger partial charge on any atom is 0.0803 e. The van der Waals surface area contributed by atoms with E-state index in [1.165, 1.54) is 33.4 Å². The van der Waals surface area contributed by atoms with Crippen molar-refractivity contribution in [2.75, 3.05) is 0 Å². The number of rotatable bonds is 4. The second-order valence-electron chi connectivity index (χ2n) is 11.8. The van der Waals surface area contributed by atoms with E-state index in [1.54, 1.807) is 0 Å². The minimum atomic E-state index is -0.123. The van der Waals surface area contributed by atoms with Crippen LogP contribution < -0.4 is 0 Å². The van der Waals surface area contributed by atoms with Crippen LogP contribution in [0.5, 0.6) is 0 Å². The Balaban J connectivity index is 1.47. The Labute approximate surface area is 244 Å². The molecule has 1 heterocycles. The maximum atomic E-state index is 5.33. The standard InChI is InChI=1S/C39H36N2/c1-25-15-17-29(18-16-25)37-32-11-7-9-13-35(32)41-38(33-12-8-10-14-36(33)40-37)30-19-21-31(22-20-30)39(5,6)34-24-27(3)26(2)23-28(34)4/h7-24H,1-6H3. The summed E-state index contributed by atoms with van der Waals surface area (Å²) in [5.41, 5.74) is 15.7. The summed E-state index contributed by atoms with van der Waals surface area (Å²) < 4.78 is 0. The molecular formula is C39H36N2. The zero-order chi connectivity index (χ0) is 28.7. The van der Waals surface area contributed by atoms with Crippen molar-refractivity contribution in [1.29, 1.82) is 0 Å². The largest absolute Gasteiger partial charge is 0.247 e. The van der Waals surface area contributed by atoms with Crippen molar-refractivity contribution in [3.63, 3.8) is 0 Å². The zero-order valence-corrected chi connectivity index (χ0v) is 24.8. The summed E-state index contributed by atoms with van der Waals surface area (Å²) in [4.78, 5) is 10.6. The highest BCUT2D eigenvalue weighted by molar-refractivity contribution is 6.22. The van der Waals surface area contributed by atoms with Gasteiger partial charge in [0, 0.05) is 27.7 Å². The summed E-state index contributed by atoms with van der Waals surface area (Å²) in [5, 5.41) is 0. The molecule has 0 saturated carbocycles. The minimum Gasteiger partial charge on any atom is -0.247 e. The average Bonchev–Trinajstić information content (AvgIpc) is 2.97. The molecule has 1 aliphatic heterocycles. The van der Waals surface area contributed by atoms with Gasteiger partial charge < -0.3 is 0 Å². The van der Waals surface area contributed by atoms with E-state index in [1.807, 2.05) is 0 Å². The SMILES string of the molecule is Cc1ccc(C2=Nc3ccccc3C(c3ccc(C(C)(C)c4cc(C)c(C)cc4C)cc3)=Nc3ccccc32)cc1. The Bertz CT molecular complexity index is 1820. The predicted molar refractivity (Wildman–Crippen MR) is 174 cm³/mol. The number of benzene rings is 5. The summed E-state index contributed by atoms with van der Waals surface area (Å²) >= 11 is 0. The third kappa shape index (κ3) is 4.95. The number of hydrogen-bond acceptors (Lipinski definition) is 2. The quantitative estimate of drug-likeness (QED) is 0.216. The Hall–Kier alpha value is -4.56. The lowest BCUT2D eigenvalue weighted by atomic mass is 9.75. The van der Waals surface area contributed by atoms with Gasteiger partial charge in [0.1, 0.15) is 0 Å². The van der Waals surface area contributed by atoms with Crippen molar-refractivity contribution >= 4 is 22.8 Å². The van der Waals surface area contributed by atoms with Crippen molar-refractivity contribution in [3.8, 4) is 0 Å². The van der Waals surface area contributed by atoms with E-state index in [4.69, 9.17) is 9.98 Å². The Morgan fingerprint density at radius 3 is 1.49 bits per heavy atom. The molecule has 2 heteroatoms. The van der Waals surface area contributed by atoms with Gasteiger partial charge in [-0.3, -0.25) is 0 Å². The minimum absolute atomic E-state index is 0.123. The van der Waals surface area contributed by atoms with E-state index in [0.29, 0.717) is 0 Å². The maximum absolute atomic E-state index is 5.33. The van der Waals surface area contributed by atoms with Crippen LogP contribution in [-0.4, -0.2) is 11.4 Å². The lowest BCUT2D eigenvalue weighted by molar-refractivity contribution is 0.635. The molecule has 0 saturated heterocycles. The van der Waals surface area contributed by atoms with E-state index in [0.717, 1.165) is 45.1 Å². The van der Waals surface area contributed by atoms with Crippen LogP contribution in [-0.2, 0) is 5.41 Å². The summed E-state index contributed by atoms with van der Waals surface area (Å²) in [7, 11) is 0. The van der Waals surface area contributed by atoms with Gasteiger partial charge in [-0.1, -0.05) is 116 Å². The van der Waals surface area contributed by atoms with Crippen LogP contribution in [0.15, 0.2) is 119 Å². The molecule has 0 amide bonds. The van der Waals surface area contributed by atoms with E-state index in [9.17, 15) is 0 Å². The monoisotopic (exact) mass is 532 g/mol. The number of para-hydroxylation sites is 2. The highest BCUT2D eigenvalue weighted by atomic mass is 14.8. The Morgan fingerprint density at radius 1 is 0.488 bits per heavy atom. The van der Waals surface area contributed by atoms with Gasteiger partial charge in [0.2, 0.25) is 0 Å². The Kier molecular flexibility index (Phi) is 6.79. The van der Waals surface area contributed by atoms with Crippen LogP contribution in [0, 0.1) is 27.7 Å². The summed E-state index contributed by atoms with van der Waals surface area (Å²) in [6, 6.07) is 38.9. The topological polar surface area (TPSA) is 24.7 Å². The third-order valence-corrected chi connectivity index (χ3v) is 8.50. The van der Waals surface area contributed by atoms with Gasteiger partial charge in [-0.2, -0.15) is 0 Å². The van der Waals surface area contributed by atoms with Gasteiger partial charge in [0.05, 0.1) is 22.8 Å². The first-order chi connectivity index (χ1) is 19.7. The molecule has 0 unspecified atom stereocenters. The summed E-state index contributed by atoms with van der Waals surface area (Å²) in [5.74, 6) is 0. The number of nitrogens with zero attached hydrogens (tertiary/aromatic N) is 2. The molecule has 2 nitrogen and oxygen atoms in total. The van der Waals surface area contributed by atoms with Gasteiger partial charge in [-0.05, 0) is 67.6 Å². The van der Waals surface area contributed by atoms with Crippen molar-refractivity contribution in [1.82, 2.24) is 0 Å². The molecule has 0 N–H and O–H groups in total. The van der Waals surface area contributed by atoms with Crippen molar-refractivity contribution < 1.29 is 0 Å². The molecule has 0 spiro atoms. The molecule has 202 valence electrons. The van der Waals surface area contributed by atoms with Crippen LogP contribution in [0.4, 0.5) is 11.4 Å². The van der Waals surface area contributed by atoms with Gasteiger partial charge in [-0.25, -0.2) is 9.98 Å².